The van der Waals surface area contributed by atoms with Crippen LogP contribution in [0.2, 0.25) is 0 Å². The van der Waals surface area contributed by atoms with Gasteiger partial charge in [0.2, 0.25) is 0 Å². The van der Waals surface area contributed by atoms with E-state index in [0.29, 0.717) is 16.4 Å². The van der Waals surface area contributed by atoms with Crippen LogP contribution < -0.4 is 10.1 Å². The van der Waals surface area contributed by atoms with E-state index in [-0.39, 0.29) is 0 Å². The smallest absolute Gasteiger partial charge is 0.338 e. The number of thiazole rings is 1. The fourth-order valence-electron chi connectivity index (χ4n) is 2.43. The third kappa shape index (κ3) is 4.71. The van der Waals surface area contributed by atoms with E-state index in [1.165, 1.54) is 18.4 Å². The number of esters is 1. The van der Waals surface area contributed by atoms with E-state index >= 15 is 0 Å². The number of nitrogens with zero attached hydrogens (tertiary/aromatic N) is 1. The number of benzene rings is 2. The van der Waals surface area contributed by atoms with Crippen LogP contribution >= 0.6 is 11.3 Å². The second-order valence-corrected chi connectivity index (χ2v) is 6.85. The Balaban J connectivity index is 1.59. The van der Waals surface area contributed by atoms with Gasteiger partial charge >= 0.3 is 5.97 Å². The first-order valence-corrected chi connectivity index (χ1v) is 9.02. The second kappa shape index (κ2) is 8.46. The molecule has 0 atom stereocenters. The maximum Gasteiger partial charge on any atom is 0.338 e. The van der Waals surface area contributed by atoms with E-state index in [9.17, 15) is 9.59 Å². The maximum absolute atomic E-state index is 12.1. The van der Waals surface area contributed by atoms with E-state index in [1.807, 2.05) is 37.3 Å². The zero-order chi connectivity index (χ0) is 19.2. The summed E-state index contributed by atoms with van der Waals surface area (Å²) in [6, 6.07) is 16.3. The monoisotopic (exact) mass is 382 g/mol. The number of hydrogen-bond acceptors (Lipinski definition) is 6. The van der Waals surface area contributed by atoms with Crippen molar-refractivity contribution in [2.75, 3.05) is 19.0 Å². The van der Waals surface area contributed by atoms with Gasteiger partial charge in [0.25, 0.3) is 5.91 Å². The molecule has 3 aromatic rings. The summed E-state index contributed by atoms with van der Waals surface area (Å²) in [7, 11) is 1.51. The van der Waals surface area contributed by atoms with Crippen LogP contribution in [0.5, 0.6) is 5.75 Å². The lowest BCUT2D eigenvalue weighted by Gasteiger charge is -2.06. The molecule has 27 heavy (non-hydrogen) atoms. The summed E-state index contributed by atoms with van der Waals surface area (Å²) in [4.78, 5) is 29.6. The number of nitrogens with one attached hydrogen (secondary N) is 1. The van der Waals surface area contributed by atoms with Crippen molar-refractivity contribution >= 4 is 28.3 Å². The Labute approximate surface area is 160 Å². The average molecular weight is 382 g/mol. The Kier molecular flexibility index (Phi) is 5.83. The normalized spacial score (nSPS) is 10.3. The largest absolute Gasteiger partial charge is 0.497 e. The van der Waals surface area contributed by atoms with Gasteiger partial charge in [-0.05, 0) is 25.1 Å². The van der Waals surface area contributed by atoms with Crippen LogP contribution in [0.25, 0.3) is 11.3 Å². The molecule has 0 radical (unpaired) electrons. The van der Waals surface area contributed by atoms with E-state index in [1.54, 1.807) is 24.3 Å². The number of methoxy groups -OCH3 is 1. The van der Waals surface area contributed by atoms with Gasteiger partial charge in [0.1, 0.15) is 5.75 Å². The van der Waals surface area contributed by atoms with E-state index in [4.69, 9.17) is 9.47 Å². The lowest BCUT2D eigenvalue weighted by atomic mass is 10.1. The highest BCUT2D eigenvalue weighted by atomic mass is 32.1. The van der Waals surface area contributed by atoms with Crippen molar-refractivity contribution < 1.29 is 19.1 Å². The predicted molar refractivity (Wildman–Crippen MR) is 104 cm³/mol. The van der Waals surface area contributed by atoms with Crippen LogP contribution in [0, 0.1) is 6.92 Å². The summed E-state index contributed by atoms with van der Waals surface area (Å²) in [6.07, 6.45) is 0. The second-order valence-electron chi connectivity index (χ2n) is 5.65. The molecular weight excluding hydrogens is 364 g/mol. The molecule has 1 amide bonds. The van der Waals surface area contributed by atoms with E-state index in [0.717, 1.165) is 16.1 Å². The molecule has 1 heterocycles. The van der Waals surface area contributed by atoms with E-state index < -0.39 is 18.5 Å². The molecule has 7 heteroatoms. The fourth-order valence-corrected chi connectivity index (χ4v) is 3.29. The summed E-state index contributed by atoms with van der Waals surface area (Å²) >= 11 is 1.37. The molecule has 1 N–H and O–H groups in total. The van der Waals surface area contributed by atoms with Gasteiger partial charge in [-0.25, -0.2) is 9.78 Å². The number of aryl methyl sites for hydroxylation is 1. The fraction of sp³-hybridized carbons (Fsp3) is 0.150. The molecule has 3 rings (SSSR count). The first-order chi connectivity index (χ1) is 13.1. The van der Waals surface area contributed by atoms with Crippen LogP contribution in [0.1, 0.15) is 15.2 Å². The summed E-state index contributed by atoms with van der Waals surface area (Å²) in [6.45, 7) is 1.55. The Morgan fingerprint density at radius 1 is 1.11 bits per heavy atom. The molecule has 0 spiro atoms. The summed E-state index contributed by atoms with van der Waals surface area (Å²) in [5, 5.41) is 3.14. The van der Waals surface area contributed by atoms with Gasteiger partial charge in [0, 0.05) is 10.4 Å². The van der Waals surface area contributed by atoms with Gasteiger partial charge in [-0.2, -0.15) is 0 Å². The van der Waals surface area contributed by atoms with Crippen molar-refractivity contribution in [1.29, 1.82) is 0 Å². The highest BCUT2D eigenvalue weighted by molar-refractivity contribution is 7.16. The molecule has 0 fully saturated rings. The number of carbonyl (C=O) groups is 2. The summed E-state index contributed by atoms with van der Waals surface area (Å²) < 4.78 is 10.1. The minimum Gasteiger partial charge on any atom is -0.497 e. The highest BCUT2D eigenvalue weighted by Gasteiger charge is 2.14. The number of aromatic nitrogens is 1. The number of anilines is 1. The number of ether oxygens (including phenoxy) is 2. The topological polar surface area (TPSA) is 77.5 Å². The molecule has 0 saturated carbocycles. The number of carbonyl (C=O) groups excluding carboxylic acids is 2. The molecule has 0 aliphatic heterocycles. The lowest BCUT2D eigenvalue weighted by molar-refractivity contribution is -0.119. The molecule has 0 unspecified atom stereocenters. The lowest BCUT2D eigenvalue weighted by Crippen LogP contribution is -2.20. The first-order valence-electron chi connectivity index (χ1n) is 8.20. The van der Waals surface area contributed by atoms with Crippen molar-refractivity contribution in [2.45, 2.75) is 6.92 Å². The predicted octanol–water partition coefficient (Wildman–Crippen LogP) is 3.92. The third-order valence-corrected chi connectivity index (χ3v) is 4.62. The summed E-state index contributed by atoms with van der Waals surface area (Å²) in [5.41, 5.74) is 2.12. The molecule has 0 aliphatic carbocycles. The molecular formula is C20H18N2O4S. The number of rotatable bonds is 6. The molecule has 1 aromatic heterocycles. The van der Waals surface area contributed by atoms with Crippen LogP contribution in [0.3, 0.4) is 0 Å². The van der Waals surface area contributed by atoms with Crippen molar-refractivity contribution in [3.63, 3.8) is 0 Å². The highest BCUT2D eigenvalue weighted by Crippen LogP contribution is 2.30. The average Bonchev–Trinajstić information content (AvgIpc) is 3.06. The minimum atomic E-state index is -0.593. The summed E-state index contributed by atoms with van der Waals surface area (Å²) in [5.74, 6) is -0.496. The van der Waals surface area contributed by atoms with Crippen molar-refractivity contribution in [3.8, 4) is 17.0 Å². The Morgan fingerprint density at radius 3 is 2.63 bits per heavy atom. The SMILES string of the molecule is COc1cccc(C(=O)OCC(=O)Nc2nc(-c3ccccc3)c(C)s2)c1. The molecule has 138 valence electrons. The molecule has 0 saturated heterocycles. The molecule has 0 aliphatic rings. The Bertz CT molecular complexity index is 954. The van der Waals surface area contributed by atoms with Gasteiger partial charge in [-0.1, -0.05) is 36.4 Å². The van der Waals surface area contributed by atoms with Crippen LogP contribution in [0.15, 0.2) is 54.6 Å². The van der Waals surface area contributed by atoms with Crippen molar-refractivity contribution in [1.82, 2.24) is 4.98 Å². The Morgan fingerprint density at radius 2 is 1.89 bits per heavy atom. The zero-order valence-corrected chi connectivity index (χ0v) is 15.7. The molecule has 0 bridgehead atoms. The van der Waals surface area contributed by atoms with Crippen molar-refractivity contribution in [3.05, 3.63) is 65.0 Å². The first kappa shape index (κ1) is 18.6. The standard InChI is InChI=1S/C20H18N2O4S/c1-13-18(14-7-4-3-5-8-14)22-20(27-13)21-17(23)12-26-19(24)15-9-6-10-16(11-15)25-2/h3-11H,12H2,1-2H3,(H,21,22,23). The zero-order valence-electron chi connectivity index (χ0n) is 14.9. The van der Waals surface area contributed by atoms with Gasteiger partial charge in [0.15, 0.2) is 11.7 Å². The molecule has 2 aromatic carbocycles. The Hall–Kier alpha value is -3.19. The van der Waals surface area contributed by atoms with Gasteiger partial charge in [-0.15, -0.1) is 11.3 Å². The third-order valence-electron chi connectivity index (χ3n) is 3.73. The van der Waals surface area contributed by atoms with Crippen LogP contribution in [-0.2, 0) is 9.53 Å². The minimum absolute atomic E-state index is 0.318. The van der Waals surface area contributed by atoms with Crippen molar-refractivity contribution in [2.24, 2.45) is 0 Å². The quantitative estimate of drug-likeness (QED) is 0.654. The van der Waals surface area contributed by atoms with Crippen LogP contribution in [0.4, 0.5) is 5.13 Å². The molecule has 6 nitrogen and oxygen atoms in total. The van der Waals surface area contributed by atoms with Crippen LogP contribution in [-0.4, -0.2) is 30.6 Å². The maximum atomic E-state index is 12.1. The van der Waals surface area contributed by atoms with Gasteiger partial charge in [-0.3, -0.25) is 10.1 Å². The van der Waals surface area contributed by atoms with Gasteiger partial charge < -0.3 is 9.47 Å². The number of hydrogen-bond donors (Lipinski definition) is 1. The number of amides is 1. The van der Waals surface area contributed by atoms with E-state index in [2.05, 4.69) is 10.3 Å². The van der Waals surface area contributed by atoms with Gasteiger partial charge in [0.05, 0.1) is 18.4 Å².